The zero-order valence-electron chi connectivity index (χ0n) is 25.9. The summed E-state index contributed by atoms with van der Waals surface area (Å²) in [6.07, 6.45) is 3.22. The maximum Gasteiger partial charge on any atom is 0.280 e. The summed E-state index contributed by atoms with van der Waals surface area (Å²) in [7, 11) is -4.05. The average molecular weight is 598 g/mol. The molecule has 1 aliphatic heterocycles. The molecule has 1 aromatic carbocycles. The molecule has 4 heterocycles. The van der Waals surface area contributed by atoms with Crippen molar-refractivity contribution in [2.24, 2.45) is 0 Å². The lowest BCUT2D eigenvalue weighted by molar-refractivity contribution is -0.0383. The van der Waals surface area contributed by atoms with Crippen LogP contribution < -0.4 is 4.84 Å². The van der Waals surface area contributed by atoms with E-state index in [0.717, 1.165) is 11.0 Å². The number of benzene rings is 1. The van der Waals surface area contributed by atoms with E-state index >= 15 is 0 Å². The van der Waals surface area contributed by atoms with Gasteiger partial charge in [-0.05, 0) is 53.6 Å². The molecule has 3 atom stereocenters. The number of ether oxygens (including phenoxy) is 1. The van der Waals surface area contributed by atoms with Gasteiger partial charge in [0.05, 0.1) is 19.0 Å². The van der Waals surface area contributed by atoms with E-state index in [2.05, 4.69) is 93.0 Å². The Labute approximate surface area is 243 Å². The molecule has 41 heavy (non-hydrogen) atoms. The van der Waals surface area contributed by atoms with Crippen LogP contribution in [0.15, 0.2) is 36.9 Å². The number of fused-ring (bicyclic) bond motifs is 2. The van der Waals surface area contributed by atoms with Crippen LogP contribution in [0.4, 0.5) is 0 Å². The van der Waals surface area contributed by atoms with E-state index in [0.29, 0.717) is 24.2 Å². The average Bonchev–Trinajstić information content (AvgIpc) is 3.59. The van der Waals surface area contributed by atoms with Crippen LogP contribution in [0.5, 0.6) is 5.88 Å². The molecule has 5 rings (SSSR count). The number of aromatic nitrogens is 7. The Balaban J connectivity index is 1.42. The highest BCUT2D eigenvalue weighted by atomic mass is 28.4. The van der Waals surface area contributed by atoms with Crippen molar-refractivity contribution >= 4 is 38.8 Å². The summed E-state index contributed by atoms with van der Waals surface area (Å²) < 4.78 is 22.2. The molecule has 13 heteroatoms. The zero-order chi connectivity index (χ0) is 29.8. The second-order valence-electron chi connectivity index (χ2n) is 13.9. The van der Waals surface area contributed by atoms with Gasteiger partial charge in [0.1, 0.15) is 29.7 Å². The minimum absolute atomic E-state index is 0.0720. The van der Waals surface area contributed by atoms with Gasteiger partial charge in [-0.25, -0.2) is 9.97 Å². The molecule has 0 bridgehead atoms. The van der Waals surface area contributed by atoms with Crippen molar-refractivity contribution in [1.82, 2.24) is 34.7 Å². The van der Waals surface area contributed by atoms with Crippen LogP contribution in [0.25, 0.3) is 22.2 Å². The quantitative estimate of drug-likeness (QED) is 0.222. The largest absolute Gasteiger partial charge is 0.414 e. The van der Waals surface area contributed by atoms with Crippen LogP contribution in [-0.4, -0.2) is 70.1 Å². The first-order valence-corrected chi connectivity index (χ1v) is 20.0. The van der Waals surface area contributed by atoms with Gasteiger partial charge in [-0.1, -0.05) is 58.5 Å². The van der Waals surface area contributed by atoms with Gasteiger partial charge in [0.15, 0.2) is 27.8 Å². The Morgan fingerprint density at radius 1 is 0.951 bits per heavy atom. The summed E-state index contributed by atoms with van der Waals surface area (Å²) in [5.41, 5.74) is 2.58. The van der Waals surface area contributed by atoms with Crippen molar-refractivity contribution in [2.75, 3.05) is 6.61 Å². The highest BCUT2D eigenvalue weighted by Gasteiger charge is 2.47. The van der Waals surface area contributed by atoms with Gasteiger partial charge in [0.25, 0.3) is 5.88 Å². The summed E-state index contributed by atoms with van der Waals surface area (Å²) >= 11 is 0. The molecule has 0 unspecified atom stereocenters. The molecule has 0 saturated carbocycles. The number of nitrogens with zero attached hydrogens (tertiary/aromatic N) is 7. The van der Waals surface area contributed by atoms with Gasteiger partial charge >= 0.3 is 0 Å². The smallest absolute Gasteiger partial charge is 0.280 e. The van der Waals surface area contributed by atoms with Crippen molar-refractivity contribution in [2.45, 2.75) is 103 Å². The van der Waals surface area contributed by atoms with E-state index in [-0.39, 0.29) is 34.4 Å². The highest BCUT2D eigenvalue weighted by Crippen LogP contribution is 2.43. The van der Waals surface area contributed by atoms with Crippen LogP contribution in [0, 0.1) is 0 Å². The standard InChI is InChI=1S/C28H43N7O4Si2/c1-27(2,3)40(7,8)36-16-22-21(39-41(9,10)28(4,5)6)15-23(37-22)34-18-31-24-25(34)29-17-30-26(24)38-35-20-14-12-11-13-19(20)32-33-35/h11-14,17-18,21-23H,15-16H2,1-10H3/t21-,22-,23-/m1/s1. The number of imidazole rings is 1. The third-order valence-electron chi connectivity index (χ3n) is 8.98. The fourth-order valence-electron chi connectivity index (χ4n) is 4.31. The van der Waals surface area contributed by atoms with Crippen molar-refractivity contribution in [3.05, 3.63) is 36.9 Å². The van der Waals surface area contributed by atoms with Gasteiger partial charge < -0.3 is 18.4 Å². The van der Waals surface area contributed by atoms with Gasteiger partial charge in [0.2, 0.25) is 0 Å². The van der Waals surface area contributed by atoms with Gasteiger partial charge in [-0.2, -0.15) is 4.98 Å². The molecule has 0 spiro atoms. The molecule has 0 radical (unpaired) electrons. The van der Waals surface area contributed by atoms with E-state index < -0.39 is 16.6 Å². The van der Waals surface area contributed by atoms with Crippen LogP contribution in [0.1, 0.15) is 54.2 Å². The SMILES string of the molecule is CC(C)(C)[Si](C)(C)OC[C@H]1O[C@@H](n2cnc3c(On4nnc5ccccc54)ncnc32)C[C@H]1O[Si](C)(C)C(C)(C)C. The third-order valence-corrected chi connectivity index (χ3v) is 18.0. The van der Waals surface area contributed by atoms with Gasteiger partial charge in [-0.15, -0.1) is 5.10 Å². The molecule has 0 aliphatic carbocycles. The van der Waals surface area contributed by atoms with Crippen molar-refractivity contribution in [1.29, 1.82) is 0 Å². The normalized spacial score (nSPS) is 20.8. The molecule has 4 aromatic rings. The Kier molecular flexibility index (Phi) is 7.64. The van der Waals surface area contributed by atoms with Crippen molar-refractivity contribution in [3.8, 4) is 5.88 Å². The summed E-state index contributed by atoms with van der Waals surface area (Å²) in [4.78, 5) is 20.9. The van der Waals surface area contributed by atoms with Gasteiger partial charge in [-0.3, -0.25) is 4.57 Å². The first-order valence-electron chi connectivity index (χ1n) is 14.2. The molecule has 1 aliphatic rings. The van der Waals surface area contributed by atoms with Gasteiger partial charge in [0, 0.05) is 6.42 Å². The van der Waals surface area contributed by atoms with Crippen LogP contribution in [0.2, 0.25) is 36.3 Å². The number of hydrogen-bond donors (Lipinski definition) is 0. The van der Waals surface area contributed by atoms with E-state index in [1.807, 2.05) is 28.8 Å². The molecular weight excluding hydrogens is 555 g/mol. The van der Waals surface area contributed by atoms with E-state index in [4.69, 9.17) is 18.4 Å². The van der Waals surface area contributed by atoms with Crippen molar-refractivity contribution in [3.63, 3.8) is 0 Å². The molecule has 11 nitrogen and oxygen atoms in total. The van der Waals surface area contributed by atoms with E-state index in [9.17, 15) is 0 Å². The highest BCUT2D eigenvalue weighted by molar-refractivity contribution is 6.74. The molecule has 0 amide bonds. The molecule has 222 valence electrons. The fourth-order valence-corrected chi connectivity index (χ4v) is 6.68. The Bertz CT molecular complexity index is 1520. The summed E-state index contributed by atoms with van der Waals surface area (Å²) in [6.45, 7) is 23.1. The number of para-hydroxylation sites is 1. The van der Waals surface area contributed by atoms with E-state index in [1.165, 1.54) is 11.2 Å². The topological polar surface area (TPSA) is 111 Å². The molecule has 0 N–H and O–H groups in total. The van der Waals surface area contributed by atoms with Crippen LogP contribution >= 0.6 is 0 Å². The Hall–Kier alpha value is -2.72. The predicted octanol–water partition coefficient (Wildman–Crippen LogP) is 6.11. The van der Waals surface area contributed by atoms with Crippen molar-refractivity contribution < 1.29 is 18.4 Å². The lowest BCUT2D eigenvalue weighted by atomic mass is 10.2. The maximum atomic E-state index is 6.94. The monoisotopic (exact) mass is 597 g/mol. The first-order chi connectivity index (χ1) is 19.1. The minimum atomic E-state index is -2.07. The molecule has 1 fully saturated rings. The Morgan fingerprint density at radius 3 is 2.37 bits per heavy atom. The van der Waals surface area contributed by atoms with Crippen LogP contribution in [-0.2, 0) is 13.6 Å². The lowest BCUT2D eigenvalue weighted by Gasteiger charge is -2.40. The predicted molar refractivity (Wildman–Crippen MR) is 163 cm³/mol. The molecule has 3 aromatic heterocycles. The number of rotatable bonds is 8. The first kappa shape index (κ1) is 29.8. The second kappa shape index (κ2) is 10.5. The summed E-state index contributed by atoms with van der Waals surface area (Å²) in [6, 6.07) is 7.56. The minimum Gasteiger partial charge on any atom is -0.414 e. The maximum absolute atomic E-state index is 6.94. The van der Waals surface area contributed by atoms with E-state index in [1.54, 1.807) is 6.33 Å². The Morgan fingerprint density at radius 2 is 1.66 bits per heavy atom. The third kappa shape index (κ3) is 5.82. The fraction of sp³-hybridized carbons (Fsp3) is 0.607. The zero-order valence-corrected chi connectivity index (χ0v) is 27.9. The lowest BCUT2D eigenvalue weighted by Crippen LogP contribution is -2.48. The number of hydrogen-bond acceptors (Lipinski definition) is 9. The molecular formula is C28H43N7O4Si2. The summed E-state index contributed by atoms with van der Waals surface area (Å²) in [5, 5.41) is 8.44. The summed E-state index contributed by atoms with van der Waals surface area (Å²) in [5.74, 6) is 0.286. The second-order valence-corrected chi connectivity index (χ2v) is 23.5. The molecule has 1 saturated heterocycles. The van der Waals surface area contributed by atoms with Crippen LogP contribution in [0.3, 0.4) is 0 Å².